The van der Waals surface area contributed by atoms with Crippen molar-refractivity contribution < 1.29 is 9.59 Å². The predicted molar refractivity (Wildman–Crippen MR) is 76.2 cm³/mol. The maximum atomic E-state index is 12.4. The van der Waals surface area contributed by atoms with Crippen LogP contribution in [0.1, 0.15) is 30.1 Å². The highest BCUT2D eigenvalue weighted by atomic mass is 16.1. The van der Waals surface area contributed by atoms with E-state index in [2.05, 4.69) is 5.32 Å². The van der Waals surface area contributed by atoms with Crippen LogP contribution < -0.4 is 5.32 Å². The third-order valence-electron chi connectivity index (χ3n) is 3.25. The van der Waals surface area contributed by atoms with Crippen LogP contribution in [0.25, 0.3) is 0 Å². The topological polar surface area (TPSA) is 49.4 Å². The Kier molecular flexibility index (Phi) is 6.22. The summed E-state index contributed by atoms with van der Waals surface area (Å²) in [7, 11) is 3.51. The summed E-state index contributed by atoms with van der Waals surface area (Å²) in [5.74, 6) is 0.108. The van der Waals surface area contributed by atoms with Crippen LogP contribution >= 0.6 is 0 Å². The number of hydrogen-bond acceptors (Lipinski definition) is 3. The summed E-state index contributed by atoms with van der Waals surface area (Å²) in [6.07, 6.45) is 1.14. The van der Waals surface area contributed by atoms with Crippen LogP contribution in [0.2, 0.25) is 0 Å². The van der Waals surface area contributed by atoms with Crippen molar-refractivity contribution in [3.8, 4) is 0 Å². The largest absolute Gasteiger partial charge is 0.359 e. The molecule has 1 N–H and O–H groups in total. The second kappa shape index (κ2) is 7.69. The van der Waals surface area contributed by atoms with Crippen LogP contribution in [0.5, 0.6) is 0 Å². The van der Waals surface area contributed by atoms with Crippen molar-refractivity contribution in [2.45, 2.75) is 25.8 Å². The lowest BCUT2D eigenvalue weighted by atomic mass is 10.0. The molecule has 0 heterocycles. The fourth-order valence-corrected chi connectivity index (χ4v) is 2.05. The summed E-state index contributed by atoms with van der Waals surface area (Å²) in [6.45, 7) is 2.57. The first kappa shape index (κ1) is 15.4. The summed E-state index contributed by atoms with van der Waals surface area (Å²) in [6, 6.07) is 9.11. The van der Waals surface area contributed by atoms with Crippen molar-refractivity contribution in [2.24, 2.45) is 0 Å². The van der Waals surface area contributed by atoms with Gasteiger partial charge in [0.2, 0.25) is 5.91 Å². The molecule has 0 radical (unpaired) electrons. The zero-order valence-electron chi connectivity index (χ0n) is 11.8. The molecule has 19 heavy (non-hydrogen) atoms. The summed E-state index contributed by atoms with van der Waals surface area (Å²) >= 11 is 0. The van der Waals surface area contributed by atoms with Gasteiger partial charge >= 0.3 is 0 Å². The van der Waals surface area contributed by atoms with Gasteiger partial charge in [0, 0.05) is 25.6 Å². The van der Waals surface area contributed by atoms with Gasteiger partial charge in [0.25, 0.3) is 0 Å². The maximum absolute atomic E-state index is 12.4. The Morgan fingerprint density at radius 2 is 1.89 bits per heavy atom. The van der Waals surface area contributed by atoms with Gasteiger partial charge in [0.1, 0.15) is 0 Å². The van der Waals surface area contributed by atoms with Crippen LogP contribution in [0.4, 0.5) is 0 Å². The van der Waals surface area contributed by atoms with Gasteiger partial charge in [-0.1, -0.05) is 37.3 Å². The molecule has 4 heteroatoms. The molecule has 1 rings (SSSR count). The first-order valence-corrected chi connectivity index (χ1v) is 6.60. The van der Waals surface area contributed by atoms with Gasteiger partial charge in [-0.2, -0.15) is 0 Å². The van der Waals surface area contributed by atoms with Crippen molar-refractivity contribution in [1.82, 2.24) is 10.2 Å². The molecule has 104 valence electrons. The first-order valence-electron chi connectivity index (χ1n) is 6.60. The molecule has 0 spiro atoms. The van der Waals surface area contributed by atoms with Gasteiger partial charge in [-0.05, 0) is 13.5 Å². The first-order chi connectivity index (χ1) is 9.10. The summed E-state index contributed by atoms with van der Waals surface area (Å²) in [5, 5.41) is 2.59. The molecule has 0 aromatic heterocycles. The smallest absolute Gasteiger partial charge is 0.221 e. The van der Waals surface area contributed by atoms with E-state index in [4.69, 9.17) is 0 Å². The minimum Gasteiger partial charge on any atom is -0.359 e. The fourth-order valence-electron chi connectivity index (χ4n) is 2.05. The van der Waals surface area contributed by atoms with Crippen LogP contribution in [0, 0.1) is 0 Å². The number of nitrogens with one attached hydrogen (secondary N) is 1. The Hall–Kier alpha value is -1.68. The van der Waals surface area contributed by atoms with E-state index in [1.807, 2.05) is 49.2 Å². The van der Waals surface area contributed by atoms with Crippen LogP contribution in [0.3, 0.4) is 0 Å². The highest BCUT2D eigenvalue weighted by Crippen LogP contribution is 2.11. The molecular formula is C15H22N2O2. The molecule has 0 fully saturated rings. The lowest BCUT2D eigenvalue weighted by Gasteiger charge is -2.25. The predicted octanol–water partition coefficient (Wildman–Crippen LogP) is 1.72. The van der Waals surface area contributed by atoms with E-state index in [1.54, 1.807) is 7.05 Å². The molecule has 0 saturated heterocycles. The molecule has 0 aliphatic rings. The number of carbonyl (C=O) groups excluding carboxylic acids is 2. The SMILES string of the molecule is CCC(C(=O)c1ccccc1)N(C)CCC(=O)NC. The standard InChI is InChI=1S/C15H22N2O2/c1-4-13(17(3)11-10-14(18)16-2)15(19)12-8-6-5-7-9-12/h5-9,13H,4,10-11H2,1-3H3,(H,16,18). The number of carbonyl (C=O) groups is 2. The van der Waals surface area contributed by atoms with Gasteiger partial charge in [0.15, 0.2) is 5.78 Å². The molecule has 0 saturated carbocycles. The highest BCUT2D eigenvalue weighted by molar-refractivity contribution is 6.00. The second-order valence-electron chi connectivity index (χ2n) is 4.56. The lowest BCUT2D eigenvalue weighted by Crippen LogP contribution is -2.40. The molecule has 0 bridgehead atoms. The van der Waals surface area contributed by atoms with Crippen molar-refractivity contribution in [3.63, 3.8) is 0 Å². The number of rotatable bonds is 7. The Bertz CT molecular complexity index is 417. The van der Waals surface area contributed by atoms with Crippen molar-refractivity contribution in [2.75, 3.05) is 20.6 Å². The van der Waals surface area contributed by atoms with Gasteiger partial charge in [-0.25, -0.2) is 0 Å². The number of hydrogen-bond donors (Lipinski definition) is 1. The number of nitrogens with zero attached hydrogens (tertiary/aromatic N) is 1. The summed E-state index contributed by atoms with van der Waals surface area (Å²) < 4.78 is 0. The molecule has 4 nitrogen and oxygen atoms in total. The van der Waals surface area contributed by atoms with Crippen molar-refractivity contribution in [3.05, 3.63) is 35.9 Å². The highest BCUT2D eigenvalue weighted by Gasteiger charge is 2.22. The molecule has 1 unspecified atom stereocenters. The molecule has 1 aromatic rings. The minimum atomic E-state index is -0.174. The van der Waals surface area contributed by atoms with Gasteiger partial charge < -0.3 is 5.32 Å². The summed E-state index contributed by atoms with van der Waals surface area (Å²) in [4.78, 5) is 25.6. The zero-order valence-corrected chi connectivity index (χ0v) is 11.8. The van der Waals surface area contributed by atoms with E-state index in [0.29, 0.717) is 13.0 Å². The van der Waals surface area contributed by atoms with E-state index >= 15 is 0 Å². The van der Waals surface area contributed by atoms with E-state index in [9.17, 15) is 9.59 Å². The number of Topliss-reactive ketones (excluding diaryl/α,β-unsaturated/α-hetero) is 1. The summed E-state index contributed by atoms with van der Waals surface area (Å²) in [5.41, 5.74) is 0.723. The van der Waals surface area contributed by atoms with Gasteiger partial charge in [-0.15, -0.1) is 0 Å². The van der Waals surface area contributed by atoms with Crippen molar-refractivity contribution >= 4 is 11.7 Å². The van der Waals surface area contributed by atoms with E-state index in [1.165, 1.54) is 0 Å². The Morgan fingerprint density at radius 3 is 2.42 bits per heavy atom. The van der Waals surface area contributed by atoms with Crippen LogP contribution in [-0.4, -0.2) is 43.3 Å². The van der Waals surface area contributed by atoms with E-state index < -0.39 is 0 Å². The third kappa shape index (κ3) is 4.48. The van der Waals surface area contributed by atoms with Crippen molar-refractivity contribution in [1.29, 1.82) is 0 Å². The number of likely N-dealkylation sites (N-methyl/N-ethyl adjacent to an activating group) is 1. The monoisotopic (exact) mass is 262 g/mol. The Morgan fingerprint density at radius 1 is 1.26 bits per heavy atom. The van der Waals surface area contributed by atoms with Crippen LogP contribution in [0.15, 0.2) is 30.3 Å². The molecular weight excluding hydrogens is 240 g/mol. The third-order valence-corrected chi connectivity index (χ3v) is 3.25. The molecule has 0 aliphatic heterocycles. The van der Waals surface area contributed by atoms with E-state index in [0.717, 1.165) is 12.0 Å². The van der Waals surface area contributed by atoms with E-state index in [-0.39, 0.29) is 17.7 Å². The molecule has 1 amide bonds. The molecule has 0 aliphatic carbocycles. The Labute approximate surface area is 114 Å². The second-order valence-corrected chi connectivity index (χ2v) is 4.56. The molecule has 1 atom stereocenters. The zero-order chi connectivity index (χ0) is 14.3. The average molecular weight is 262 g/mol. The molecule has 1 aromatic carbocycles. The van der Waals surface area contributed by atoms with Crippen LogP contribution in [-0.2, 0) is 4.79 Å². The minimum absolute atomic E-state index is 0.00568. The number of benzene rings is 1. The fraction of sp³-hybridized carbons (Fsp3) is 0.467. The maximum Gasteiger partial charge on any atom is 0.221 e. The Balaban J connectivity index is 2.66. The number of amides is 1. The lowest BCUT2D eigenvalue weighted by molar-refractivity contribution is -0.120. The van der Waals surface area contributed by atoms with Gasteiger partial charge in [-0.3, -0.25) is 14.5 Å². The normalized spacial score (nSPS) is 12.2. The quantitative estimate of drug-likeness (QED) is 0.761. The average Bonchev–Trinajstić information content (AvgIpc) is 2.46. The van der Waals surface area contributed by atoms with Gasteiger partial charge in [0.05, 0.1) is 6.04 Å². The number of ketones is 1.